The number of hydrogen-bond donors (Lipinski definition) is 2. The lowest BCUT2D eigenvalue weighted by Gasteiger charge is -2.18. The highest BCUT2D eigenvalue weighted by molar-refractivity contribution is 7.07. The molecule has 74 valence electrons. The summed E-state index contributed by atoms with van der Waals surface area (Å²) >= 11 is 1.21. The molecule has 2 N–H and O–H groups in total. The third-order valence-corrected chi connectivity index (χ3v) is 2.26. The summed E-state index contributed by atoms with van der Waals surface area (Å²) in [6.45, 7) is 8.23. The van der Waals surface area contributed by atoms with E-state index in [9.17, 15) is 4.79 Å². The Hall–Kier alpha value is -0.610. The van der Waals surface area contributed by atoms with Crippen LogP contribution in [-0.4, -0.2) is 11.5 Å². The number of aromatic nitrogens is 1. The SMILES string of the molecule is CC(C)(C)CNCc1csc(=O)[nH]1. The molecule has 0 amide bonds. The fourth-order valence-electron chi connectivity index (χ4n) is 0.973. The van der Waals surface area contributed by atoms with Crippen LogP contribution in [-0.2, 0) is 6.54 Å². The Morgan fingerprint density at radius 3 is 2.69 bits per heavy atom. The van der Waals surface area contributed by atoms with Gasteiger partial charge in [-0.05, 0) is 5.41 Å². The molecule has 1 rings (SSSR count). The summed E-state index contributed by atoms with van der Waals surface area (Å²) in [6.07, 6.45) is 0. The number of nitrogens with one attached hydrogen (secondary N) is 2. The zero-order valence-electron chi connectivity index (χ0n) is 8.31. The molecule has 1 aromatic rings. The lowest BCUT2D eigenvalue weighted by Crippen LogP contribution is -2.26. The second-order valence-corrected chi connectivity index (χ2v) is 5.18. The average molecular weight is 200 g/mol. The summed E-state index contributed by atoms with van der Waals surface area (Å²) in [5.41, 5.74) is 1.26. The monoisotopic (exact) mass is 200 g/mol. The predicted molar refractivity (Wildman–Crippen MR) is 56.1 cm³/mol. The van der Waals surface area contributed by atoms with Gasteiger partial charge in [-0.15, -0.1) is 0 Å². The Bertz CT molecular complexity index is 308. The van der Waals surface area contributed by atoms with Crippen molar-refractivity contribution < 1.29 is 0 Å². The summed E-state index contributed by atoms with van der Waals surface area (Å²) in [7, 11) is 0. The van der Waals surface area contributed by atoms with Crippen molar-refractivity contribution in [1.29, 1.82) is 0 Å². The van der Waals surface area contributed by atoms with Crippen molar-refractivity contribution in [3.8, 4) is 0 Å². The minimum atomic E-state index is 0.0209. The highest BCUT2D eigenvalue weighted by Gasteiger charge is 2.08. The Morgan fingerprint density at radius 1 is 1.54 bits per heavy atom. The lowest BCUT2D eigenvalue weighted by atomic mass is 9.97. The number of aromatic amines is 1. The minimum Gasteiger partial charge on any atom is -0.315 e. The Balaban J connectivity index is 2.32. The van der Waals surface area contributed by atoms with E-state index in [2.05, 4.69) is 31.1 Å². The average Bonchev–Trinajstić information content (AvgIpc) is 2.33. The molecular formula is C9H16N2OS. The first-order chi connectivity index (χ1) is 5.97. The molecule has 4 heteroatoms. The van der Waals surface area contributed by atoms with Crippen LogP contribution in [0, 0.1) is 5.41 Å². The van der Waals surface area contributed by atoms with Gasteiger partial charge in [0, 0.05) is 24.2 Å². The third kappa shape index (κ3) is 4.24. The Morgan fingerprint density at radius 2 is 2.23 bits per heavy atom. The molecule has 0 aliphatic carbocycles. The van der Waals surface area contributed by atoms with E-state index < -0.39 is 0 Å². The van der Waals surface area contributed by atoms with Crippen LogP contribution in [0.25, 0.3) is 0 Å². The van der Waals surface area contributed by atoms with E-state index in [1.54, 1.807) is 0 Å². The van der Waals surface area contributed by atoms with Gasteiger partial charge in [0.2, 0.25) is 0 Å². The molecule has 1 aromatic heterocycles. The van der Waals surface area contributed by atoms with Crippen molar-refractivity contribution in [2.45, 2.75) is 27.3 Å². The van der Waals surface area contributed by atoms with Crippen LogP contribution in [0.2, 0.25) is 0 Å². The van der Waals surface area contributed by atoms with Gasteiger partial charge in [-0.1, -0.05) is 32.1 Å². The van der Waals surface area contributed by atoms with Gasteiger partial charge >= 0.3 is 4.87 Å². The van der Waals surface area contributed by atoms with Crippen molar-refractivity contribution in [2.24, 2.45) is 5.41 Å². The van der Waals surface area contributed by atoms with Crippen LogP contribution in [0.3, 0.4) is 0 Å². The van der Waals surface area contributed by atoms with Gasteiger partial charge in [0.1, 0.15) is 0 Å². The third-order valence-electron chi connectivity index (χ3n) is 1.54. The normalized spacial score (nSPS) is 11.9. The molecule has 0 aliphatic heterocycles. The van der Waals surface area contributed by atoms with E-state index in [0.717, 1.165) is 18.8 Å². The van der Waals surface area contributed by atoms with Gasteiger partial charge in [-0.3, -0.25) is 4.79 Å². The van der Waals surface area contributed by atoms with Crippen LogP contribution >= 0.6 is 11.3 Å². The standard InChI is InChI=1S/C9H16N2OS/c1-9(2,3)6-10-4-7-5-13-8(12)11-7/h5,10H,4,6H2,1-3H3,(H,11,12). The van der Waals surface area contributed by atoms with E-state index in [0.29, 0.717) is 0 Å². The van der Waals surface area contributed by atoms with Gasteiger partial charge in [0.05, 0.1) is 0 Å². The van der Waals surface area contributed by atoms with E-state index in [1.165, 1.54) is 11.3 Å². The van der Waals surface area contributed by atoms with Crippen molar-refractivity contribution in [3.05, 3.63) is 20.7 Å². The van der Waals surface area contributed by atoms with Crippen LogP contribution in [0.1, 0.15) is 26.5 Å². The van der Waals surface area contributed by atoms with Crippen molar-refractivity contribution in [2.75, 3.05) is 6.54 Å². The molecule has 0 saturated carbocycles. The molecule has 13 heavy (non-hydrogen) atoms. The molecule has 0 spiro atoms. The molecule has 0 atom stereocenters. The van der Waals surface area contributed by atoms with Crippen LogP contribution in [0.4, 0.5) is 0 Å². The highest BCUT2D eigenvalue weighted by Crippen LogP contribution is 2.10. The first-order valence-electron chi connectivity index (χ1n) is 4.35. The molecule has 1 heterocycles. The van der Waals surface area contributed by atoms with Crippen molar-refractivity contribution >= 4 is 11.3 Å². The molecule has 0 unspecified atom stereocenters. The van der Waals surface area contributed by atoms with Gasteiger partial charge < -0.3 is 10.3 Å². The maximum Gasteiger partial charge on any atom is 0.304 e. The van der Waals surface area contributed by atoms with Crippen LogP contribution in [0.15, 0.2) is 10.2 Å². The van der Waals surface area contributed by atoms with Gasteiger partial charge in [-0.25, -0.2) is 0 Å². The zero-order valence-corrected chi connectivity index (χ0v) is 9.12. The molecule has 0 aliphatic rings. The second kappa shape index (κ2) is 4.07. The fourth-order valence-corrected chi connectivity index (χ4v) is 1.55. The largest absolute Gasteiger partial charge is 0.315 e. The molecule has 0 fully saturated rings. The molecule has 0 radical (unpaired) electrons. The van der Waals surface area contributed by atoms with E-state index >= 15 is 0 Å². The van der Waals surface area contributed by atoms with Crippen LogP contribution < -0.4 is 10.2 Å². The maximum atomic E-state index is 10.8. The molecular weight excluding hydrogens is 184 g/mol. The van der Waals surface area contributed by atoms with Gasteiger partial charge in [0.25, 0.3) is 0 Å². The predicted octanol–water partition coefficient (Wildman–Crippen LogP) is 1.57. The van der Waals surface area contributed by atoms with Gasteiger partial charge in [0.15, 0.2) is 0 Å². The van der Waals surface area contributed by atoms with Gasteiger partial charge in [-0.2, -0.15) is 0 Å². The molecule has 0 bridgehead atoms. The summed E-state index contributed by atoms with van der Waals surface area (Å²) < 4.78 is 0. The molecule has 0 saturated heterocycles. The highest BCUT2D eigenvalue weighted by atomic mass is 32.1. The zero-order chi connectivity index (χ0) is 9.90. The van der Waals surface area contributed by atoms with Crippen LogP contribution in [0.5, 0.6) is 0 Å². The summed E-state index contributed by atoms with van der Waals surface area (Å²) in [5, 5.41) is 5.15. The first kappa shape index (κ1) is 10.5. The summed E-state index contributed by atoms with van der Waals surface area (Å²) in [5.74, 6) is 0. The number of H-pyrrole nitrogens is 1. The Kier molecular flexibility index (Phi) is 3.27. The summed E-state index contributed by atoms with van der Waals surface area (Å²) in [6, 6.07) is 0. The number of hydrogen-bond acceptors (Lipinski definition) is 3. The topological polar surface area (TPSA) is 44.9 Å². The number of rotatable bonds is 3. The quantitative estimate of drug-likeness (QED) is 0.778. The maximum absolute atomic E-state index is 10.8. The molecule has 0 aromatic carbocycles. The second-order valence-electron chi connectivity index (χ2n) is 4.34. The lowest BCUT2D eigenvalue weighted by molar-refractivity contribution is 0.378. The van der Waals surface area contributed by atoms with E-state index in [4.69, 9.17) is 0 Å². The number of thiazole rings is 1. The van der Waals surface area contributed by atoms with Crippen molar-refractivity contribution in [3.63, 3.8) is 0 Å². The summed E-state index contributed by atoms with van der Waals surface area (Å²) in [4.78, 5) is 13.6. The minimum absolute atomic E-state index is 0.0209. The molecule has 3 nitrogen and oxygen atoms in total. The Labute approximate surface area is 82.2 Å². The smallest absolute Gasteiger partial charge is 0.304 e. The van der Waals surface area contributed by atoms with E-state index in [-0.39, 0.29) is 10.3 Å². The first-order valence-corrected chi connectivity index (χ1v) is 5.23. The fraction of sp³-hybridized carbons (Fsp3) is 0.667. The van der Waals surface area contributed by atoms with Crippen molar-refractivity contribution in [1.82, 2.24) is 10.3 Å². The van der Waals surface area contributed by atoms with E-state index in [1.807, 2.05) is 5.38 Å².